The molecule has 1 saturated heterocycles. The number of carbonyl (C=O) groups is 1. The fourth-order valence-electron chi connectivity index (χ4n) is 1.09. The quantitative estimate of drug-likeness (QED) is 0.636. The SMILES string of the molecule is CN(C)CCNC(=O)C1CSCN1. The minimum Gasteiger partial charge on any atom is -0.353 e. The lowest BCUT2D eigenvalue weighted by atomic mass is 10.3. The van der Waals surface area contributed by atoms with Gasteiger partial charge in [-0.3, -0.25) is 10.1 Å². The predicted molar refractivity (Wildman–Crippen MR) is 55.8 cm³/mol. The van der Waals surface area contributed by atoms with E-state index in [2.05, 4.69) is 15.5 Å². The van der Waals surface area contributed by atoms with Crippen LogP contribution in [0.1, 0.15) is 0 Å². The molecule has 0 aromatic rings. The Bertz CT molecular complexity index is 169. The van der Waals surface area contributed by atoms with Crippen molar-refractivity contribution in [3.63, 3.8) is 0 Å². The van der Waals surface area contributed by atoms with Crippen molar-refractivity contribution in [3.05, 3.63) is 0 Å². The summed E-state index contributed by atoms with van der Waals surface area (Å²) in [5, 5.41) is 6.03. The highest BCUT2D eigenvalue weighted by Crippen LogP contribution is 2.08. The molecule has 1 atom stereocenters. The van der Waals surface area contributed by atoms with E-state index in [-0.39, 0.29) is 11.9 Å². The van der Waals surface area contributed by atoms with Crippen LogP contribution in [0, 0.1) is 0 Å². The van der Waals surface area contributed by atoms with Crippen LogP contribution in [0.15, 0.2) is 0 Å². The van der Waals surface area contributed by atoms with E-state index in [9.17, 15) is 4.79 Å². The van der Waals surface area contributed by atoms with E-state index in [0.717, 1.165) is 24.7 Å². The Morgan fingerprint density at radius 2 is 2.46 bits per heavy atom. The lowest BCUT2D eigenvalue weighted by Gasteiger charge is -2.13. The van der Waals surface area contributed by atoms with Crippen LogP contribution in [0.25, 0.3) is 0 Å². The summed E-state index contributed by atoms with van der Waals surface area (Å²) in [5.41, 5.74) is 0. The van der Waals surface area contributed by atoms with Crippen LogP contribution in [0.5, 0.6) is 0 Å². The summed E-state index contributed by atoms with van der Waals surface area (Å²) in [6.07, 6.45) is 0. The number of nitrogens with zero attached hydrogens (tertiary/aromatic N) is 1. The van der Waals surface area contributed by atoms with Gasteiger partial charge in [-0.25, -0.2) is 0 Å². The molecule has 1 aliphatic heterocycles. The molecule has 5 heteroatoms. The van der Waals surface area contributed by atoms with Gasteiger partial charge in [-0.15, -0.1) is 11.8 Å². The van der Waals surface area contributed by atoms with Crippen molar-refractivity contribution in [2.24, 2.45) is 0 Å². The Balaban J connectivity index is 2.10. The molecule has 1 heterocycles. The third-order valence-electron chi connectivity index (χ3n) is 1.89. The maximum atomic E-state index is 11.4. The lowest BCUT2D eigenvalue weighted by molar-refractivity contribution is -0.122. The number of amides is 1. The molecular weight excluding hydrogens is 186 g/mol. The minimum absolute atomic E-state index is 0.0205. The van der Waals surface area contributed by atoms with E-state index in [1.54, 1.807) is 11.8 Å². The van der Waals surface area contributed by atoms with Crippen molar-refractivity contribution < 1.29 is 4.79 Å². The Morgan fingerprint density at radius 1 is 1.69 bits per heavy atom. The number of likely N-dealkylation sites (N-methyl/N-ethyl adjacent to an activating group) is 1. The smallest absolute Gasteiger partial charge is 0.238 e. The number of hydrogen-bond acceptors (Lipinski definition) is 4. The maximum absolute atomic E-state index is 11.4. The molecule has 1 unspecified atom stereocenters. The molecule has 0 aromatic carbocycles. The normalized spacial score (nSPS) is 22.2. The second kappa shape index (κ2) is 5.47. The van der Waals surface area contributed by atoms with Gasteiger partial charge in [-0.1, -0.05) is 0 Å². The van der Waals surface area contributed by atoms with Crippen LogP contribution in [0.4, 0.5) is 0 Å². The molecule has 76 valence electrons. The highest BCUT2D eigenvalue weighted by atomic mass is 32.2. The molecule has 0 saturated carbocycles. The fourth-order valence-corrected chi connectivity index (χ4v) is 2.03. The van der Waals surface area contributed by atoms with Gasteiger partial charge in [0, 0.05) is 24.7 Å². The van der Waals surface area contributed by atoms with Crippen molar-refractivity contribution in [2.45, 2.75) is 6.04 Å². The summed E-state index contributed by atoms with van der Waals surface area (Å²) < 4.78 is 0. The fraction of sp³-hybridized carbons (Fsp3) is 0.875. The highest BCUT2D eigenvalue weighted by Gasteiger charge is 2.21. The van der Waals surface area contributed by atoms with E-state index in [1.165, 1.54) is 0 Å². The molecule has 13 heavy (non-hydrogen) atoms. The van der Waals surface area contributed by atoms with Gasteiger partial charge in [0.15, 0.2) is 0 Å². The van der Waals surface area contributed by atoms with E-state index in [1.807, 2.05) is 14.1 Å². The van der Waals surface area contributed by atoms with E-state index in [0.29, 0.717) is 0 Å². The molecule has 1 fully saturated rings. The first-order valence-electron chi connectivity index (χ1n) is 4.43. The Morgan fingerprint density at radius 3 is 3.00 bits per heavy atom. The van der Waals surface area contributed by atoms with Gasteiger partial charge in [-0.2, -0.15) is 0 Å². The monoisotopic (exact) mass is 203 g/mol. The van der Waals surface area contributed by atoms with Crippen molar-refractivity contribution in [3.8, 4) is 0 Å². The van der Waals surface area contributed by atoms with Crippen LogP contribution >= 0.6 is 11.8 Å². The number of rotatable bonds is 4. The van der Waals surface area contributed by atoms with Crippen molar-refractivity contribution in [1.82, 2.24) is 15.5 Å². The molecule has 1 aliphatic rings. The molecule has 0 spiro atoms. The number of hydrogen-bond donors (Lipinski definition) is 2. The summed E-state index contributed by atoms with van der Waals surface area (Å²) in [7, 11) is 3.99. The van der Waals surface area contributed by atoms with Gasteiger partial charge in [0.1, 0.15) is 0 Å². The van der Waals surface area contributed by atoms with Crippen molar-refractivity contribution >= 4 is 17.7 Å². The van der Waals surface area contributed by atoms with Crippen LogP contribution in [-0.2, 0) is 4.79 Å². The molecule has 0 bridgehead atoms. The van der Waals surface area contributed by atoms with Gasteiger partial charge in [0.05, 0.1) is 6.04 Å². The third kappa shape index (κ3) is 3.97. The zero-order valence-corrected chi connectivity index (χ0v) is 8.99. The highest BCUT2D eigenvalue weighted by molar-refractivity contribution is 7.99. The molecule has 4 nitrogen and oxygen atoms in total. The van der Waals surface area contributed by atoms with Crippen LogP contribution in [-0.4, -0.2) is 55.7 Å². The number of nitrogens with one attached hydrogen (secondary N) is 2. The third-order valence-corrected chi connectivity index (χ3v) is 2.83. The van der Waals surface area contributed by atoms with Crippen LogP contribution < -0.4 is 10.6 Å². The standard InChI is InChI=1S/C8H17N3OS/c1-11(2)4-3-9-8(12)7-5-13-6-10-7/h7,10H,3-6H2,1-2H3,(H,9,12). The molecule has 0 aliphatic carbocycles. The van der Waals surface area contributed by atoms with Crippen molar-refractivity contribution in [1.29, 1.82) is 0 Å². The summed E-state index contributed by atoms with van der Waals surface area (Å²) >= 11 is 1.77. The zero-order valence-electron chi connectivity index (χ0n) is 8.17. The van der Waals surface area contributed by atoms with Gasteiger partial charge >= 0.3 is 0 Å². The van der Waals surface area contributed by atoms with Crippen LogP contribution in [0.3, 0.4) is 0 Å². The van der Waals surface area contributed by atoms with E-state index < -0.39 is 0 Å². The average Bonchev–Trinajstić information content (AvgIpc) is 2.55. The summed E-state index contributed by atoms with van der Waals surface area (Å²) in [6.45, 7) is 1.63. The van der Waals surface area contributed by atoms with Gasteiger partial charge < -0.3 is 10.2 Å². The number of thioether (sulfide) groups is 1. The van der Waals surface area contributed by atoms with Crippen molar-refractivity contribution in [2.75, 3.05) is 38.8 Å². The molecular formula is C8H17N3OS. The maximum Gasteiger partial charge on any atom is 0.238 e. The van der Waals surface area contributed by atoms with E-state index >= 15 is 0 Å². The Kier molecular flexibility index (Phi) is 4.55. The average molecular weight is 203 g/mol. The van der Waals surface area contributed by atoms with E-state index in [4.69, 9.17) is 0 Å². The lowest BCUT2D eigenvalue weighted by Crippen LogP contribution is -2.43. The second-order valence-electron chi connectivity index (χ2n) is 3.37. The molecule has 1 amide bonds. The van der Waals surface area contributed by atoms with Gasteiger partial charge in [-0.05, 0) is 14.1 Å². The molecule has 1 rings (SSSR count). The summed E-state index contributed by atoms with van der Waals surface area (Å²) in [4.78, 5) is 13.5. The second-order valence-corrected chi connectivity index (χ2v) is 4.40. The van der Waals surface area contributed by atoms with Gasteiger partial charge in [0.25, 0.3) is 0 Å². The first-order chi connectivity index (χ1) is 6.20. The summed E-state index contributed by atoms with van der Waals surface area (Å²) in [5.74, 6) is 1.92. The largest absolute Gasteiger partial charge is 0.353 e. The molecule has 0 aromatic heterocycles. The minimum atomic E-state index is 0.0205. The van der Waals surface area contributed by atoms with Crippen LogP contribution in [0.2, 0.25) is 0 Å². The Hall–Kier alpha value is -0.260. The number of carbonyl (C=O) groups excluding carboxylic acids is 1. The Labute approximate surface area is 83.4 Å². The summed E-state index contributed by atoms with van der Waals surface area (Å²) in [6, 6.07) is 0.0205. The molecule has 0 radical (unpaired) electrons. The topological polar surface area (TPSA) is 44.4 Å². The molecule has 2 N–H and O–H groups in total. The van der Waals surface area contributed by atoms with Gasteiger partial charge in [0.2, 0.25) is 5.91 Å². The predicted octanol–water partition coefficient (Wildman–Crippen LogP) is -0.673. The first-order valence-corrected chi connectivity index (χ1v) is 5.59. The zero-order chi connectivity index (χ0) is 9.68. The first kappa shape index (κ1) is 10.8.